The minimum atomic E-state index is -0.541. The Bertz CT molecular complexity index is 366. The van der Waals surface area contributed by atoms with Crippen LogP contribution in [0.15, 0.2) is 18.2 Å². The van der Waals surface area contributed by atoms with Crippen LogP contribution in [0.4, 0.5) is 10.1 Å². The van der Waals surface area contributed by atoms with E-state index >= 15 is 0 Å². The molecule has 0 aliphatic carbocycles. The van der Waals surface area contributed by atoms with Crippen molar-refractivity contribution in [3.05, 3.63) is 29.6 Å². The first-order chi connectivity index (χ1) is 7.06. The maximum atomic E-state index is 12.9. The van der Waals surface area contributed by atoms with Gasteiger partial charge in [-0.2, -0.15) is 0 Å². The Morgan fingerprint density at radius 2 is 2.27 bits per heavy atom. The third-order valence-electron chi connectivity index (χ3n) is 2.16. The number of anilines is 1. The van der Waals surface area contributed by atoms with E-state index < -0.39 is 17.7 Å². The van der Waals surface area contributed by atoms with Gasteiger partial charge in [-0.15, -0.1) is 0 Å². The van der Waals surface area contributed by atoms with E-state index in [9.17, 15) is 9.18 Å². The lowest BCUT2D eigenvalue weighted by Crippen LogP contribution is -2.14. The zero-order valence-corrected chi connectivity index (χ0v) is 8.79. The molecule has 1 atom stereocenters. The molecule has 0 aliphatic rings. The van der Waals surface area contributed by atoms with E-state index in [1.807, 2.05) is 0 Å². The summed E-state index contributed by atoms with van der Waals surface area (Å²) in [5.41, 5.74) is 6.52. The highest BCUT2D eigenvalue weighted by Crippen LogP contribution is 2.24. The summed E-state index contributed by atoms with van der Waals surface area (Å²) in [7, 11) is 0. The van der Waals surface area contributed by atoms with Crippen molar-refractivity contribution in [1.29, 1.82) is 0 Å². The number of halogens is 1. The van der Waals surface area contributed by atoms with Crippen LogP contribution in [-0.2, 0) is 9.53 Å². The number of ether oxygens (including phenoxy) is 1. The molecule has 1 aromatic carbocycles. The van der Waals surface area contributed by atoms with Crippen molar-refractivity contribution >= 4 is 11.7 Å². The molecule has 0 heterocycles. The third kappa shape index (κ3) is 2.68. The fraction of sp³-hybridized carbons (Fsp3) is 0.364. The molecule has 0 amide bonds. The molecule has 0 spiro atoms. The molecule has 2 N–H and O–H groups in total. The van der Waals surface area contributed by atoms with Crippen LogP contribution < -0.4 is 5.73 Å². The Balaban J connectivity index is 2.94. The Hall–Kier alpha value is -1.58. The Morgan fingerprint density at radius 1 is 1.60 bits per heavy atom. The quantitative estimate of drug-likeness (QED) is 0.615. The largest absolute Gasteiger partial charge is 0.466 e. The summed E-state index contributed by atoms with van der Waals surface area (Å²) in [5, 5.41) is 0. The Labute approximate surface area is 88.0 Å². The van der Waals surface area contributed by atoms with Crippen molar-refractivity contribution < 1.29 is 13.9 Å². The van der Waals surface area contributed by atoms with E-state index in [0.29, 0.717) is 17.9 Å². The van der Waals surface area contributed by atoms with Gasteiger partial charge >= 0.3 is 5.97 Å². The maximum absolute atomic E-state index is 12.9. The van der Waals surface area contributed by atoms with E-state index in [4.69, 9.17) is 10.5 Å². The summed E-state index contributed by atoms with van der Waals surface area (Å²) in [6.07, 6.45) is 0. The van der Waals surface area contributed by atoms with E-state index in [2.05, 4.69) is 0 Å². The van der Waals surface area contributed by atoms with Gasteiger partial charge in [0, 0.05) is 5.69 Å². The second kappa shape index (κ2) is 4.77. The molecule has 0 aromatic heterocycles. The van der Waals surface area contributed by atoms with Crippen LogP contribution in [0.1, 0.15) is 25.3 Å². The predicted octanol–water partition coefficient (Wildman–Crippen LogP) is 2.07. The fourth-order valence-corrected chi connectivity index (χ4v) is 1.31. The average Bonchev–Trinajstić information content (AvgIpc) is 2.21. The fourth-order valence-electron chi connectivity index (χ4n) is 1.31. The molecular weight excluding hydrogens is 197 g/mol. The maximum Gasteiger partial charge on any atom is 0.313 e. The molecule has 1 aromatic rings. The van der Waals surface area contributed by atoms with Crippen LogP contribution in [0.25, 0.3) is 0 Å². The number of carbonyl (C=O) groups is 1. The van der Waals surface area contributed by atoms with Gasteiger partial charge in [0.15, 0.2) is 0 Å². The normalized spacial score (nSPS) is 12.2. The molecule has 0 saturated carbocycles. The van der Waals surface area contributed by atoms with Crippen molar-refractivity contribution in [3.8, 4) is 0 Å². The van der Waals surface area contributed by atoms with Crippen LogP contribution in [0.5, 0.6) is 0 Å². The lowest BCUT2D eigenvalue weighted by atomic mass is 9.99. The lowest BCUT2D eigenvalue weighted by Gasteiger charge is -2.12. The molecule has 0 aliphatic heterocycles. The van der Waals surface area contributed by atoms with E-state index in [-0.39, 0.29) is 0 Å². The van der Waals surface area contributed by atoms with Crippen molar-refractivity contribution in [2.75, 3.05) is 12.3 Å². The molecular formula is C11H14FNO2. The SMILES string of the molecule is CCOC(=O)C(C)c1cc(F)ccc1N. The number of nitrogens with two attached hydrogens (primary N) is 1. The van der Waals surface area contributed by atoms with E-state index in [1.165, 1.54) is 18.2 Å². The molecule has 0 bridgehead atoms. The van der Waals surface area contributed by atoms with Crippen LogP contribution >= 0.6 is 0 Å². The number of carbonyl (C=O) groups excluding carboxylic acids is 1. The third-order valence-corrected chi connectivity index (χ3v) is 2.16. The van der Waals surface area contributed by atoms with Crippen LogP contribution in [0, 0.1) is 5.82 Å². The number of rotatable bonds is 3. The summed E-state index contributed by atoms with van der Waals surface area (Å²) in [6.45, 7) is 3.67. The number of hydrogen-bond donors (Lipinski definition) is 1. The summed E-state index contributed by atoms with van der Waals surface area (Å²) in [6, 6.07) is 3.97. The standard InChI is InChI=1S/C11H14FNO2/c1-3-15-11(14)7(2)9-6-8(12)4-5-10(9)13/h4-7H,3,13H2,1-2H3. The van der Waals surface area contributed by atoms with Crippen LogP contribution in [-0.4, -0.2) is 12.6 Å². The highest BCUT2D eigenvalue weighted by molar-refractivity contribution is 5.79. The van der Waals surface area contributed by atoms with E-state index in [1.54, 1.807) is 13.8 Å². The van der Waals surface area contributed by atoms with Crippen LogP contribution in [0.3, 0.4) is 0 Å². The Kier molecular flexibility index (Phi) is 3.66. The predicted molar refractivity (Wildman–Crippen MR) is 55.9 cm³/mol. The highest BCUT2D eigenvalue weighted by Gasteiger charge is 2.19. The number of hydrogen-bond acceptors (Lipinski definition) is 3. The smallest absolute Gasteiger partial charge is 0.313 e. The van der Waals surface area contributed by atoms with Crippen molar-refractivity contribution in [2.45, 2.75) is 19.8 Å². The summed E-state index contributed by atoms with van der Waals surface area (Å²) >= 11 is 0. The van der Waals surface area contributed by atoms with E-state index in [0.717, 1.165) is 0 Å². The molecule has 0 saturated heterocycles. The molecule has 3 nitrogen and oxygen atoms in total. The van der Waals surface area contributed by atoms with Crippen LogP contribution in [0.2, 0.25) is 0 Å². The molecule has 1 unspecified atom stereocenters. The second-order valence-electron chi connectivity index (χ2n) is 3.25. The topological polar surface area (TPSA) is 52.3 Å². The molecule has 4 heteroatoms. The summed E-state index contributed by atoms with van der Waals surface area (Å²) < 4.78 is 17.8. The van der Waals surface area contributed by atoms with Gasteiger partial charge in [-0.1, -0.05) is 0 Å². The Morgan fingerprint density at radius 3 is 2.87 bits per heavy atom. The minimum absolute atomic E-state index is 0.304. The van der Waals surface area contributed by atoms with Gasteiger partial charge in [0.1, 0.15) is 5.82 Å². The van der Waals surface area contributed by atoms with Gasteiger partial charge in [-0.25, -0.2) is 4.39 Å². The lowest BCUT2D eigenvalue weighted by molar-refractivity contribution is -0.144. The van der Waals surface area contributed by atoms with Gasteiger partial charge in [0.05, 0.1) is 12.5 Å². The molecule has 1 rings (SSSR count). The van der Waals surface area contributed by atoms with Gasteiger partial charge < -0.3 is 10.5 Å². The highest BCUT2D eigenvalue weighted by atomic mass is 19.1. The second-order valence-corrected chi connectivity index (χ2v) is 3.25. The van der Waals surface area contributed by atoms with Crippen molar-refractivity contribution in [3.63, 3.8) is 0 Å². The number of nitrogen functional groups attached to an aromatic ring is 1. The zero-order chi connectivity index (χ0) is 11.4. The molecule has 0 radical (unpaired) electrons. The molecule has 0 fully saturated rings. The van der Waals surface area contributed by atoms with Gasteiger partial charge in [0.2, 0.25) is 0 Å². The first-order valence-electron chi connectivity index (χ1n) is 4.77. The first kappa shape index (κ1) is 11.5. The van der Waals surface area contributed by atoms with Gasteiger partial charge in [-0.3, -0.25) is 4.79 Å². The minimum Gasteiger partial charge on any atom is -0.466 e. The number of esters is 1. The molecule has 15 heavy (non-hydrogen) atoms. The summed E-state index contributed by atoms with van der Waals surface area (Å²) in [4.78, 5) is 11.4. The van der Waals surface area contributed by atoms with Gasteiger partial charge in [0.25, 0.3) is 0 Å². The van der Waals surface area contributed by atoms with Gasteiger partial charge in [-0.05, 0) is 37.6 Å². The average molecular weight is 211 g/mol. The van der Waals surface area contributed by atoms with Crippen molar-refractivity contribution in [2.24, 2.45) is 0 Å². The summed E-state index contributed by atoms with van der Waals surface area (Å²) in [5.74, 6) is -1.34. The molecule has 82 valence electrons. The monoisotopic (exact) mass is 211 g/mol. The first-order valence-corrected chi connectivity index (χ1v) is 4.77. The zero-order valence-electron chi connectivity index (χ0n) is 8.79. The number of benzene rings is 1. The van der Waals surface area contributed by atoms with Crippen molar-refractivity contribution in [1.82, 2.24) is 0 Å².